The molecule has 1 aromatic carbocycles. The largest absolute Gasteiger partial charge is 0.444 e. The van der Waals surface area contributed by atoms with Crippen molar-refractivity contribution < 1.29 is 9.53 Å². The average Bonchev–Trinajstić information content (AvgIpc) is 2.61. The Balaban J connectivity index is 2.40. The molecule has 1 saturated carbocycles. The molecular weight excluding hydrogens is 326 g/mol. The van der Waals surface area contributed by atoms with Crippen molar-refractivity contribution in [2.45, 2.75) is 58.1 Å². The van der Waals surface area contributed by atoms with Crippen LogP contribution in [0, 0.1) is 28.6 Å². The van der Waals surface area contributed by atoms with Crippen LogP contribution < -0.4 is 5.32 Å². The van der Waals surface area contributed by atoms with E-state index in [9.17, 15) is 15.3 Å². The highest BCUT2D eigenvalue weighted by atomic mass is 16.6. The highest BCUT2D eigenvalue weighted by Gasteiger charge is 2.33. The van der Waals surface area contributed by atoms with Crippen LogP contribution in [-0.2, 0) is 4.74 Å². The summed E-state index contributed by atoms with van der Waals surface area (Å²) >= 11 is 0. The number of hydrogen-bond acceptors (Lipinski definition) is 4. The van der Waals surface area contributed by atoms with Gasteiger partial charge in [-0.25, -0.2) is 4.79 Å². The first-order chi connectivity index (χ1) is 12.4. The molecule has 2 atom stereocenters. The summed E-state index contributed by atoms with van der Waals surface area (Å²) in [5, 5.41) is 21.7. The number of rotatable bonds is 3. The van der Waals surface area contributed by atoms with Gasteiger partial charge in [0, 0.05) is 5.92 Å². The number of carbonyl (C=O) groups is 1. The van der Waals surface area contributed by atoms with Gasteiger partial charge in [0.1, 0.15) is 23.3 Å². The number of alkyl carbamates (subject to hydrolysis) is 1. The van der Waals surface area contributed by atoms with Crippen LogP contribution in [0.5, 0.6) is 0 Å². The van der Waals surface area contributed by atoms with Gasteiger partial charge in [-0.15, -0.1) is 0 Å². The van der Waals surface area contributed by atoms with Crippen molar-refractivity contribution in [2.24, 2.45) is 5.92 Å². The van der Waals surface area contributed by atoms with E-state index in [2.05, 4.69) is 5.32 Å². The zero-order valence-electron chi connectivity index (χ0n) is 15.6. The van der Waals surface area contributed by atoms with Crippen molar-refractivity contribution in [1.29, 1.82) is 10.5 Å². The second kappa shape index (κ2) is 8.54. The van der Waals surface area contributed by atoms with Crippen LogP contribution in [0.25, 0.3) is 0 Å². The lowest BCUT2D eigenvalue weighted by Crippen LogP contribution is -2.39. The predicted octanol–water partition coefficient (Wildman–Crippen LogP) is 4.79. The summed E-state index contributed by atoms with van der Waals surface area (Å²) in [7, 11) is 0. The van der Waals surface area contributed by atoms with E-state index in [-0.39, 0.29) is 17.5 Å². The Labute approximate surface area is 155 Å². The number of amides is 1. The maximum absolute atomic E-state index is 12.4. The third-order valence-corrected chi connectivity index (χ3v) is 4.44. The van der Waals surface area contributed by atoms with Crippen LogP contribution in [0.3, 0.4) is 0 Å². The second-order valence-electron chi connectivity index (χ2n) is 7.51. The molecule has 1 N–H and O–H groups in total. The quantitative estimate of drug-likeness (QED) is 0.794. The SMILES string of the molecule is CC(C)(C)OC(=O)N[C@H](c1ccccc1)C1CCCCC1=C(C#N)C#N. The van der Waals surface area contributed by atoms with Gasteiger partial charge in [-0.3, -0.25) is 0 Å². The molecule has 1 amide bonds. The molecule has 0 bridgehead atoms. The maximum atomic E-state index is 12.4. The molecule has 1 aromatic rings. The molecule has 2 rings (SSSR count). The highest BCUT2D eigenvalue weighted by Crippen LogP contribution is 2.40. The number of allylic oxidation sites excluding steroid dienone is 1. The van der Waals surface area contributed by atoms with Crippen molar-refractivity contribution >= 4 is 6.09 Å². The lowest BCUT2D eigenvalue weighted by atomic mass is 9.75. The van der Waals surface area contributed by atoms with Gasteiger partial charge in [0.25, 0.3) is 0 Å². The number of nitriles is 2. The van der Waals surface area contributed by atoms with E-state index in [1.54, 1.807) is 0 Å². The molecule has 0 heterocycles. The van der Waals surface area contributed by atoms with E-state index < -0.39 is 11.7 Å². The third kappa shape index (κ3) is 5.10. The number of nitrogens with one attached hydrogen (secondary N) is 1. The van der Waals surface area contributed by atoms with Crippen molar-refractivity contribution in [3.8, 4) is 12.1 Å². The summed E-state index contributed by atoms with van der Waals surface area (Å²) in [6, 6.07) is 13.4. The number of hydrogen-bond donors (Lipinski definition) is 1. The fourth-order valence-electron chi connectivity index (χ4n) is 3.40. The van der Waals surface area contributed by atoms with Gasteiger partial charge >= 0.3 is 6.09 Å². The molecule has 0 aliphatic heterocycles. The van der Waals surface area contributed by atoms with Crippen molar-refractivity contribution in [1.82, 2.24) is 5.32 Å². The number of carbonyl (C=O) groups excluding carboxylic acids is 1. The van der Waals surface area contributed by atoms with Crippen molar-refractivity contribution in [3.63, 3.8) is 0 Å². The molecular formula is C21H25N3O2. The average molecular weight is 351 g/mol. The Kier molecular flexibility index (Phi) is 6.41. The lowest BCUT2D eigenvalue weighted by Gasteiger charge is -2.34. The van der Waals surface area contributed by atoms with Gasteiger partial charge in [-0.05, 0) is 51.2 Å². The molecule has 0 radical (unpaired) electrons. The van der Waals surface area contributed by atoms with E-state index in [1.807, 2.05) is 63.2 Å². The molecule has 0 spiro atoms. The lowest BCUT2D eigenvalue weighted by molar-refractivity contribution is 0.0486. The minimum absolute atomic E-state index is 0.0898. The minimum Gasteiger partial charge on any atom is -0.444 e. The Bertz CT molecular complexity index is 732. The summed E-state index contributed by atoms with van der Waals surface area (Å²) in [5.41, 5.74) is 1.35. The van der Waals surface area contributed by atoms with Crippen molar-refractivity contribution in [3.05, 3.63) is 47.0 Å². The number of nitrogens with zero attached hydrogens (tertiary/aromatic N) is 2. The second-order valence-corrected chi connectivity index (χ2v) is 7.51. The first-order valence-electron chi connectivity index (χ1n) is 8.93. The summed E-state index contributed by atoms with van der Waals surface area (Å²) in [6.07, 6.45) is 2.98. The molecule has 136 valence electrons. The first-order valence-corrected chi connectivity index (χ1v) is 8.93. The summed E-state index contributed by atoms with van der Waals surface area (Å²) in [6.45, 7) is 5.46. The fraction of sp³-hybridized carbons (Fsp3) is 0.476. The minimum atomic E-state index is -0.596. The summed E-state index contributed by atoms with van der Waals surface area (Å²) in [5.74, 6) is -0.0898. The molecule has 1 fully saturated rings. The van der Waals surface area contributed by atoms with E-state index in [1.165, 1.54) is 0 Å². The first kappa shape index (κ1) is 19.5. The van der Waals surface area contributed by atoms with Gasteiger partial charge in [-0.1, -0.05) is 36.8 Å². The Morgan fingerprint density at radius 3 is 2.42 bits per heavy atom. The Morgan fingerprint density at radius 2 is 1.85 bits per heavy atom. The van der Waals surface area contributed by atoms with Gasteiger partial charge in [-0.2, -0.15) is 10.5 Å². The van der Waals surface area contributed by atoms with Gasteiger partial charge in [0.15, 0.2) is 0 Å². The standard InChI is InChI=1S/C21H25N3O2/c1-21(2,3)26-20(25)24-19(15-9-5-4-6-10-15)18-12-8-7-11-17(18)16(13-22)14-23/h4-6,9-10,18-19H,7-8,11-12H2,1-3H3,(H,24,25)/t18?,19-/m1/s1. The predicted molar refractivity (Wildman–Crippen MR) is 98.8 cm³/mol. The summed E-state index contributed by atoms with van der Waals surface area (Å²) in [4.78, 5) is 12.4. The van der Waals surface area contributed by atoms with Crippen LogP contribution in [0.15, 0.2) is 41.5 Å². The Hall–Kier alpha value is -2.79. The molecule has 1 unspecified atom stereocenters. The van der Waals surface area contributed by atoms with Crippen LogP contribution in [0.4, 0.5) is 4.79 Å². The van der Waals surface area contributed by atoms with Crippen LogP contribution in [0.2, 0.25) is 0 Å². The van der Waals surface area contributed by atoms with E-state index in [0.29, 0.717) is 6.42 Å². The van der Waals surface area contributed by atoms with E-state index >= 15 is 0 Å². The van der Waals surface area contributed by atoms with Crippen molar-refractivity contribution in [2.75, 3.05) is 0 Å². The molecule has 26 heavy (non-hydrogen) atoms. The monoisotopic (exact) mass is 351 g/mol. The molecule has 1 aliphatic rings. The van der Waals surface area contributed by atoms with E-state index in [0.717, 1.165) is 30.4 Å². The van der Waals surface area contributed by atoms with E-state index in [4.69, 9.17) is 4.74 Å². The molecule has 5 heteroatoms. The molecule has 0 aromatic heterocycles. The zero-order valence-corrected chi connectivity index (χ0v) is 15.6. The van der Waals surface area contributed by atoms with Crippen LogP contribution in [-0.4, -0.2) is 11.7 Å². The maximum Gasteiger partial charge on any atom is 0.408 e. The fourth-order valence-corrected chi connectivity index (χ4v) is 3.40. The van der Waals surface area contributed by atoms with Crippen LogP contribution >= 0.6 is 0 Å². The molecule has 0 saturated heterocycles. The highest BCUT2D eigenvalue weighted by molar-refractivity contribution is 5.68. The topological polar surface area (TPSA) is 85.9 Å². The Morgan fingerprint density at radius 1 is 1.19 bits per heavy atom. The molecule has 1 aliphatic carbocycles. The van der Waals surface area contributed by atoms with Gasteiger partial charge < -0.3 is 10.1 Å². The molecule has 5 nitrogen and oxygen atoms in total. The zero-order chi connectivity index (χ0) is 19.2. The number of benzene rings is 1. The number of ether oxygens (including phenoxy) is 1. The normalized spacial score (nSPS) is 18.2. The van der Waals surface area contributed by atoms with Gasteiger partial charge in [0.2, 0.25) is 0 Å². The third-order valence-electron chi connectivity index (χ3n) is 4.44. The van der Waals surface area contributed by atoms with Crippen LogP contribution in [0.1, 0.15) is 58.1 Å². The summed E-state index contributed by atoms with van der Waals surface area (Å²) < 4.78 is 5.43. The smallest absolute Gasteiger partial charge is 0.408 e. The van der Waals surface area contributed by atoms with Gasteiger partial charge in [0.05, 0.1) is 6.04 Å².